The summed E-state index contributed by atoms with van der Waals surface area (Å²) in [7, 11) is 0. The van der Waals surface area contributed by atoms with Crippen LogP contribution in [0.1, 0.15) is 38.5 Å². The van der Waals surface area contributed by atoms with E-state index in [2.05, 4.69) is 10.2 Å². The van der Waals surface area contributed by atoms with E-state index in [-0.39, 0.29) is 6.03 Å². The van der Waals surface area contributed by atoms with Crippen LogP contribution in [0, 0.1) is 0 Å². The lowest BCUT2D eigenvalue weighted by molar-refractivity contribution is 0.189. The van der Waals surface area contributed by atoms with Gasteiger partial charge in [-0.15, -0.1) is 0 Å². The molecule has 24 heavy (non-hydrogen) atoms. The van der Waals surface area contributed by atoms with Crippen molar-refractivity contribution in [3.8, 4) is 0 Å². The van der Waals surface area contributed by atoms with Crippen LogP contribution in [0.3, 0.4) is 0 Å². The highest BCUT2D eigenvalue weighted by molar-refractivity contribution is 6.43. The maximum absolute atomic E-state index is 12.5. The van der Waals surface area contributed by atoms with Crippen molar-refractivity contribution < 1.29 is 4.79 Å². The molecule has 1 saturated heterocycles. The van der Waals surface area contributed by atoms with Gasteiger partial charge < -0.3 is 15.1 Å². The van der Waals surface area contributed by atoms with Gasteiger partial charge >= 0.3 is 6.03 Å². The summed E-state index contributed by atoms with van der Waals surface area (Å²) in [6.07, 6.45) is 7.28. The van der Waals surface area contributed by atoms with Gasteiger partial charge in [0.05, 0.1) is 15.7 Å². The second-order valence-electron chi connectivity index (χ2n) is 6.69. The third-order valence-corrected chi connectivity index (χ3v) is 5.83. The maximum atomic E-state index is 12.5. The minimum atomic E-state index is 0.0822. The number of piperazine rings is 1. The van der Waals surface area contributed by atoms with Crippen molar-refractivity contribution >= 4 is 34.9 Å². The first-order chi connectivity index (χ1) is 11.6. The number of amides is 2. The van der Waals surface area contributed by atoms with Gasteiger partial charge in [-0.2, -0.15) is 0 Å². The summed E-state index contributed by atoms with van der Waals surface area (Å²) in [6.45, 7) is 2.97. The highest BCUT2D eigenvalue weighted by Crippen LogP contribution is 2.32. The Morgan fingerprint density at radius 2 is 1.67 bits per heavy atom. The summed E-state index contributed by atoms with van der Waals surface area (Å²) in [6, 6.07) is 6.12. The van der Waals surface area contributed by atoms with E-state index in [0.717, 1.165) is 31.6 Å². The molecule has 0 bridgehead atoms. The number of hydrogen-bond donors (Lipinski definition) is 1. The van der Waals surface area contributed by atoms with Gasteiger partial charge in [0, 0.05) is 32.2 Å². The summed E-state index contributed by atoms with van der Waals surface area (Å²) in [5.74, 6) is 0. The van der Waals surface area contributed by atoms with E-state index in [9.17, 15) is 4.79 Å². The third kappa shape index (κ3) is 4.28. The van der Waals surface area contributed by atoms with Gasteiger partial charge in [0.1, 0.15) is 0 Å². The van der Waals surface area contributed by atoms with E-state index in [1.165, 1.54) is 25.7 Å². The number of carbonyl (C=O) groups is 1. The predicted octanol–water partition coefficient (Wildman–Crippen LogP) is 4.55. The molecule has 1 saturated carbocycles. The molecule has 2 amide bonds. The molecule has 6 heteroatoms. The van der Waals surface area contributed by atoms with Crippen LogP contribution in [0.5, 0.6) is 0 Å². The minimum Gasteiger partial charge on any atom is -0.367 e. The number of anilines is 1. The second kappa shape index (κ2) is 8.30. The molecule has 1 aliphatic heterocycles. The number of nitrogens with one attached hydrogen (secondary N) is 1. The van der Waals surface area contributed by atoms with Crippen molar-refractivity contribution in [2.75, 3.05) is 31.1 Å². The number of hydrogen-bond acceptors (Lipinski definition) is 2. The van der Waals surface area contributed by atoms with E-state index >= 15 is 0 Å². The standard InChI is InChI=1S/C18H25Cl2N3O/c19-15-8-5-9-16(17(15)20)22-10-12-23(13-11-22)18(24)21-14-6-3-1-2-4-7-14/h5,8-9,14H,1-4,6-7,10-13H2,(H,21,24). The molecule has 0 unspecified atom stereocenters. The lowest BCUT2D eigenvalue weighted by Gasteiger charge is -2.37. The number of urea groups is 1. The molecule has 1 aliphatic carbocycles. The van der Waals surface area contributed by atoms with Crippen molar-refractivity contribution in [2.24, 2.45) is 0 Å². The van der Waals surface area contributed by atoms with Crippen molar-refractivity contribution in [1.82, 2.24) is 10.2 Å². The molecule has 4 nitrogen and oxygen atoms in total. The molecular weight excluding hydrogens is 345 g/mol. The highest BCUT2D eigenvalue weighted by Gasteiger charge is 2.24. The number of nitrogens with zero attached hydrogens (tertiary/aromatic N) is 2. The summed E-state index contributed by atoms with van der Waals surface area (Å²) in [5, 5.41) is 4.39. The number of benzene rings is 1. The smallest absolute Gasteiger partial charge is 0.317 e. The molecule has 1 aromatic carbocycles. The van der Waals surface area contributed by atoms with Crippen LogP contribution in [0.4, 0.5) is 10.5 Å². The normalized spacial score (nSPS) is 19.9. The zero-order chi connectivity index (χ0) is 16.9. The molecule has 0 spiro atoms. The van der Waals surface area contributed by atoms with Crippen LogP contribution in [0.15, 0.2) is 18.2 Å². The van der Waals surface area contributed by atoms with Crippen molar-refractivity contribution in [2.45, 2.75) is 44.6 Å². The highest BCUT2D eigenvalue weighted by atomic mass is 35.5. The first-order valence-electron chi connectivity index (χ1n) is 8.89. The van der Waals surface area contributed by atoms with Gasteiger partial charge in [-0.25, -0.2) is 4.79 Å². The predicted molar refractivity (Wildman–Crippen MR) is 100 cm³/mol. The van der Waals surface area contributed by atoms with E-state index in [1.807, 2.05) is 17.0 Å². The van der Waals surface area contributed by atoms with Gasteiger partial charge in [0.2, 0.25) is 0 Å². The maximum Gasteiger partial charge on any atom is 0.317 e. The molecular formula is C18H25Cl2N3O. The zero-order valence-electron chi connectivity index (χ0n) is 13.9. The molecule has 1 aromatic rings. The van der Waals surface area contributed by atoms with Crippen molar-refractivity contribution in [3.63, 3.8) is 0 Å². The fourth-order valence-electron chi connectivity index (χ4n) is 3.58. The molecule has 2 fully saturated rings. The molecule has 0 aromatic heterocycles. The lowest BCUT2D eigenvalue weighted by atomic mass is 10.1. The van der Waals surface area contributed by atoms with E-state index in [4.69, 9.17) is 23.2 Å². The molecule has 3 rings (SSSR count). The van der Waals surface area contributed by atoms with Crippen LogP contribution >= 0.6 is 23.2 Å². The summed E-state index contributed by atoms with van der Waals surface area (Å²) in [4.78, 5) is 16.6. The van der Waals surface area contributed by atoms with Gasteiger partial charge in [-0.05, 0) is 25.0 Å². The van der Waals surface area contributed by atoms with Crippen molar-refractivity contribution in [3.05, 3.63) is 28.2 Å². The Balaban J connectivity index is 1.52. The molecule has 2 aliphatic rings. The van der Waals surface area contributed by atoms with Gasteiger partial charge in [0.15, 0.2) is 0 Å². The summed E-state index contributed by atoms with van der Waals surface area (Å²) < 4.78 is 0. The first kappa shape index (κ1) is 17.7. The largest absolute Gasteiger partial charge is 0.367 e. The Morgan fingerprint density at radius 1 is 1.00 bits per heavy atom. The van der Waals surface area contributed by atoms with Crippen LogP contribution in [-0.2, 0) is 0 Å². The Morgan fingerprint density at radius 3 is 2.33 bits per heavy atom. The fourth-order valence-corrected chi connectivity index (χ4v) is 3.99. The first-order valence-corrected chi connectivity index (χ1v) is 9.65. The Hall–Kier alpha value is -1.13. The number of rotatable bonds is 2. The molecule has 1 heterocycles. The lowest BCUT2D eigenvalue weighted by Crippen LogP contribution is -2.53. The molecule has 1 N–H and O–H groups in total. The molecule has 0 atom stereocenters. The zero-order valence-corrected chi connectivity index (χ0v) is 15.5. The third-order valence-electron chi connectivity index (χ3n) is 5.02. The van der Waals surface area contributed by atoms with E-state index in [0.29, 0.717) is 29.2 Å². The average molecular weight is 370 g/mol. The SMILES string of the molecule is O=C(NC1CCCCCC1)N1CCN(c2cccc(Cl)c2Cl)CC1. The quantitative estimate of drug-likeness (QED) is 0.776. The number of carbonyl (C=O) groups excluding carboxylic acids is 1. The Bertz CT molecular complexity index is 565. The average Bonchev–Trinajstić information content (AvgIpc) is 2.86. The van der Waals surface area contributed by atoms with Gasteiger partial charge in [-0.3, -0.25) is 0 Å². The van der Waals surface area contributed by atoms with E-state index in [1.54, 1.807) is 6.07 Å². The van der Waals surface area contributed by atoms with Crippen LogP contribution in [-0.4, -0.2) is 43.2 Å². The second-order valence-corrected chi connectivity index (χ2v) is 7.47. The topological polar surface area (TPSA) is 35.6 Å². The monoisotopic (exact) mass is 369 g/mol. The van der Waals surface area contributed by atoms with Crippen molar-refractivity contribution in [1.29, 1.82) is 0 Å². The van der Waals surface area contributed by atoms with Crippen LogP contribution in [0.2, 0.25) is 10.0 Å². The fraction of sp³-hybridized carbons (Fsp3) is 0.611. The molecule has 0 radical (unpaired) electrons. The minimum absolute atomic E-state index is 0.0822. The number of halogens is 2. The molecule has 132 valence electrons. The van der Waals surface area contributed by atoms with E-state index < -0.39 is 0 Å². The van der Waals surface area contributed by atoms with Crippen LogP contribution in [0.25, 0.3) is 0 Å². The summed E-state index contributed by atoms with van der Waals surface area (Å²) >= 11 is 12.4. The van der Waals surface area contributed by atoms with Crippen LogP contribution < -0.4 is 10.2 Å². The van der Waals surface area contributed by atoms with Gasteiger partial charge in [-0.1, -0.05) is 55.0 Å². The Kier molecular flexibility index (Phi) is 6.12. The summed E-state index contributed by atoms with van der Waals surface area (Å²) in [5.41, 5.74) is 0.952. The van der Waals surface area contributed by atoms with Gasteiger partial charge in [0.25, 0.3) is 0 Å². The Labute approximate surface area is 154 Å².